The molecule has 0 aliphatic carbocycles. The van der Waals surface area contributed by atoms with E-state index in [0.29, 0.717) is 0 Å². The summed E-state index contributed by atoms with van der Waals surface area (Å²) in [4.78, 5) is -0.155. The lowest BCUT2D eigenvalue weighted by molar-refractivity contribution is 0.603. The van der Waals surface area contributed by atoms with Crippen molar-refractivity contribution >= 4 is 31.8 Å². The van der Waals surface area contributed by atoms with E-state index in [0.717, 1.165) is 21.2 Å². The molecule has 0 bridgehead atoms. The zero-order valence-corrected chi connectivity index (χ0v) is 14.6. The Morgan fingerprint density at radius 1 is 1.14 bits per heavy atom. The number of allylic oxidation sites excluding steroid dienone is 1. The van der Waals surface area contributed by atoms with E-state index in [4.69, 9.17) is 0 Å². The van der Waals surface area contributed by atoms with Gasteiger partial charge in [-0.15, -0.1) is 0 Å². The zero-order chi connectivity index (χ0) is 16.3. The standard InChI is InChI=1S/C17H14BrNO2S/c1-12-3-4-13(2)14(9-12)10-17(11-19)22(20,21)16-7-5-15(18)6-8-16/h3-10H,1-2H3/b17-10+. The van der Waals surface area contributed by atoms with Gasteiger partial charge in [0.05, 0.1) is 4.90 Å². The summed E-state index contributed by atoms with van der Waals surface area (Å²) in [5, 5.41) is 9.29. The van der Waals surface area contributed by atoms with E-state index >= 15 is 0 Å². The molecule has 0 aliphatic heterocycles. The van der Waals surface area contributed by atoms with Crippen LogP contribution in [0.5, 0.6) is 0 Å². The third-order valence-electron chi connectivity index (χ3n) is 3.24. The van der Waals surface area contributed by atoms with Crippen LogP contribution in [0.1, 0.15) is 16.7 Å². The lowest BCUT2D eigenvalue weighted by atomic mass is 10.1. The molecular weight excluding hydrogens is 362 g/mol. The van der Waals surface area contributed by atoms with Crippen LogP contribution in [0.4, 0.5) is 0 Å². The monoisotopic (exact) mass is 375 g/mol. The Bertz CT molecular complexity index is 876. The average molecular weight is 376 g/mol. The van der Waals surface area contributed by atoms with Gasteiger partial charge in [-0.1, -0.05) is 39.7 Å². The van der Waals surface area contributed by atoms with Gasteiger partial charge in [0.1, 0.15) is 11.0 Å². The van der Waals surface area contributed by atoms with Crippen molar-refractivity contribution in [3.05, 3.63) is 68.5 Å². The van der Waals surface area contributed by atoms with Crippen molar-refractivity contribution in [2.24, 2.45) is 0 Å². The maximum absolute atomic E-state index is 12.6. The molecular formula is C17H14BrNO2S. The molecule has 112 valence electrons. The lowest BCUT2D eigenvalue weighted by Crippen LogP contribution is -2.03. The van der Waals surface area contributed by atoms with E-state index in [2.05, 4.69) is 15.9 Å². The number of benzene rings is 2. The minimum atomic E-state index is -3.82. The van der Waals surface area contributed by atoms with Crippen LogP contribution < -0.4 is 0 Å². The highest BCUT2D eigenvalue weighted by Crippen LogP contribution is 2.24. The van der Waals surface area contributed by atoms with Gasteiger partial charge < -0.3 is 0 Å². The van der Waals surface area contributed by atoms with Crippen LogP contribution in [0, 0.1) is 25.2 Å². The van der Waals surface area contributed by atoms with Crippen LogP contribution in [0.3, 0.4) is 0 Å². The number of sulfone groups is 1. The quantitative estimate of drug-likeness (QED) is 0.746. The molecule has 0 aliphatic rings. The van der Waals surface area contributed by atoms with Crippen LogP contribution in [-0.4, -0.2) is 8.42 Å². The van der Waals surface area contributed by atoms with Crippen molar-refractivity contribution in [1.82, 2.24) is 0 Å². The smallest absolute Gasteiger partial charge is 0.216 e. The zero-order valence-electron chi connectivity index (χ0n) is 12.2. The molecule has 2 aromatic rings. The number of rotatable bonds is 3. The summed E-state index contributed by atoms with van der Waals surface area (Å²) in [7, 11) is -3.82. The molecule has 0 saturated heterocycles. The minimum absolute atomic E-state index is 0.105. The topological polar surface area (TPSA) is 57.9 Å². The highest BCUT2D eigenvalue weighted by atomic mass is 79.9. The van der Waals surface area contributed by atoms with Crippen molar-refractivity contribution in [2.45, 2.75) is 18.7 Å². The molecule has 0 radical (unpaired) electrons. The normalized spacial score (nSPS) is 12.0. The van der Waals surface area contributed by atoms with E-state index < -0.39 is 9.84 Å². The molecule has 3 nitrogen and oxygen atoms in total. The first-order valence-corrected chi connectivity index (χ1v) is 8.82. The van der Waals surface area contributed by atoms with Gasteiger partial charge in [-0.3, -0.25) is 0 Å². The number of nitriles is 1. The van der Waals surface area contributed by atoms with Crippen LogP contribution in [0.2, 0.25) is 0 Å². The summed E-state index contributed by atoms with van der Waals surface area (Å²) in [6.07, 6.45) is 1.43. The summed E-state index contributed by atoms with van der Waals surface area (Å²) in [5.74, 6) is 0. The van der Waals surface area contributed by atoms with Crippen molar-refractivity contribution in [3.63, 3.8) is 0 Å². The Morgan fingerprint density at radius 3 is 2.36 bits per heavy atom. The maximum atomic E-state index is 12.6. The minimum Gasteiger partial charge on any atom is -0.218 e. The van der Waals surface area contributed by atoms with Crippen molar-refractivity contribution in [3.8, 4) is 6.07 Å². The van der Waals surface area contributed by atoms with Gasteiger partial charge in [-0.05, 0) is 55.3 Å². The number of nitrogens with zero attached hydrogens (tertiary/aromatic N) is 1. The van der Waals surface area contributed by atoms with Gasteiger partial charge in [0.15, 0.2) is 0 Å². The van der Waals surface area contributed by atoms with Crippen molar-refractivity contribution < 1.29 is 8.42 Å². The van der Waals surface area contributed by atoms with Gasteiger partial charge in [0, 0.05) is 4.47 Å². The predicted octanol–water partition coefficient (Wildman–Crippen LogP) is 4.40. The Balaban J connectivity index is 2.56. The summed E-state index contributed by atoms with van der Waals surface area (Å²) >= 11 is 3.26. The highest BCUT2D eigenvalue weighted by Gasteiger charge is 2.20. The number of hydrogen-bond acceptors (Lipinski definition) is 3. The average Bonchev–Trinajstić information content (AvgIpc) is 2.48. The SMILES string of the molecule is Cc1ccc(C)c(/C=C(\C#N)S(=O)(=O)c2ccc(Br)cc2)c1. The first kappa shape index (κ1) is 16.5. The van der Waals surface area contributed by atoms with Gasteiger partial charge in [-0.25, -0.2) is 8.42 Å². The van der Waals surface area contributed by atoms with Crippen LogP contribution >= 0.6 is 15.9 Å². The Morgan fingerprint density at radius 2 is 1.77 bits per heavy atom. The molecule has 2 rings (SSSR count). The van der Waals surface area contributed by atoms with Crippen molar-refractivity contribution in [1.29, 1.82) is 5.26 Å². The van der Waals surface area contributed by atoms with E-state index in [1.807, 2.05) is 38.1 Å². The van der Waals surface area contributed by atoms with Gasteiger partial charge >= 0.3 is 0 Å². The van der Waals surface area contributed by atoms with E-state index in [1.165, 1.54) is 18.2 Å². The number of halogens is 1. The third-order valence-corrected chi connectivity index (χ3v) is 5.45. The fourth-order valence-corrected chi connectivity index (χ4v) is 3.38. The second kappa shape index (κ2) is 6.47. The van der Waals surface area contributed by atoms with Gasteiger partial charge in [0.2, 0.25) is 9.84 Å². The summed E-state index contributed by atoms with van der Waals surface area (Å²) < 4.78 is 25.9. The molecule has 0 spiro atoms. The van der Waals surface area contributed by atoms with E-state index in [-0.39, 0.29) is 9.80 Å². The number of aryl methyl sites for hydroxylation is 2. The third kappa shape index (κ3) is 3.46. The molecule has 0 atom stereocenters. The fourth-order valence-electron chi connectivity index (χ4n) is 1.97. The molecule has 0 N–H and O–H groups in total. The molecule has 0 unspecified atom stereocenters. The molecule has 0 heterocycles. The largest absolute Gasteiger partial charge is 0.218 e. The van der Waals surface area contributed by atoms with E-state index in [9.17, 15) is 13.7 Å². The van der Waals surface area contributed by atoms with Crippen LogP contribution in [-0.2, 0) is 9.84 Å². The molecule has 0 fully saturated rings. The summed E-state index contributed by atoms with van der Waals surface area (Å²) in [6, 6.07) is 13.8. The summed E-state index contributed by atoms with van der Waals surface area (Å²) in [6.45, 7) is 3.80. The second-order valence-corrected chi connectivity index (χ2v) is 7.77. The van der Waals surface area contributed by atoms with Crippen LogP contribution in [0.25, 0.3) is 6.08 Å². The Kier molecular flexibility index (Phi) is 4.84. The molecule has 0 saturated carbocycles. The molecule has 5 heteroatoms. The fraction of sp³-hybridized carbons (Fsp3) is 0.118. The number of hydrogen-bond donors (Lipinski definition) is 0. The first-order valence-electron chi connectivity index (χ1n) is 6.54. The Labute approximate surface area is 139 Å². The first-order chi connectivity index (χ1) is 10.3. The van der Waals surface area contributed by atoms with Crippen LogP contribution in [0.15, 0.2) is 56.7 Å². The summed E-state index contributed by atoms with van der Waals surface area (Å²) in [5.41, 5.74) is 2.66. The maximum Gasteiger partial charge on any atom is 0.216 e. The second-order valence-electron chi connectivity index (χ2n) is 4.94. The Hall–Kier alpha value is -1.90. The van der Waals surface area contributed by atoms with E-state index in [1.54, 1.807) is 12.1 Å². The molecule has 0 aromatic heterocycles. The van der Waals surface area contributed by atoms with Crippen molar-refractivity contribution in [2.75, 3.05) is 0 Å². The highest BCUT2D eigenvalue weighted by molar-refractivity contribution is 9.10. The lowest BCUT2D eigenvalue weighted by Gasteiger charge is -2.06. The molecule has 22 heavy (non-hydrogen) atoms. The van der Waals surface area contributed by atoms with Gasteiger partial charge in [-0.2, -0.15) is 5.26 Å². The molecule has 0 amide bonds. The predicted molar refractivity (Wildman–Crippen MR) is 90.8 cm³/mol. The molecule has 2 aromatic carbocycles. The van der Waals surface area contributed by atoms with Gasteiger partial charge in [0.25, 0.3) is 0 Å².